The average molecular weight is 390 g/mol. The minimum atomic E-state index is -0.575. The largest absolute Gasteiger partial charge is 0.508 e. The van der Waals surface area contributed by atoms with Crippen molar-refractivity contribution in [3.05, 3.63) is 53.2 Å². The minimum absolute atomic E-state index is 0.0561. The van der Waals surface area contributed by atoms with Crippen molar-refractivity contribution in [1.82, 2.24) is 0 Å². The zero-order chi connectivity index (χ0) is 19.4. The first-order valence-electron chi connectivity index (χ1n) is 7.94. The van der Waals surface area contributed by atoms with Gasteiger partial charge in [-0.2, -0.15) is 0 Å². The normalized spacial score (nSPS) is 10.6. The number of halogens is 1. The number of hydrogen-bond acceptors (Lipinski definition) is 6. The van der Waals surface area contributed by atoms with E-state index in [-0.39, 0.29) is 12.2 Å². The van der Waals surface area contributed by atoms with E-state index in [1.165, 1.54) is 31.6 Å². The number of esters is 1. The molecule has 3 aromatic rings. The van der Waals surface area contributed by atoms with Gasteiger partial charge in [0.1, 0.15) is 17.1 Å². The highest BCUT2D eigenvalue weighted by Crippen LogP contribution is 2.27. The van der Waals surface area contributed by atoms with Crippen LogP contribution in [-0.4, -0.2) is 30.7 Å². The fraction of sp³-hybridized carbons (Fsp3) is 0.158. The first kappa shape index (κ1) is 18.6. The zero-order valence-electron chi connectivity index (χ0n) is 14.3. The Bertz CT molecular complexity index is 997. The number of carbonyl (C=O) groups excluding carboxylic acids is 2. The molecule has 0 aliphatic heterocycles. The summed E-state index contributed by atoms with van der Waals surface area (Å²) < 4.78 is 15.3. The van der Waals surface area contributed by atoms with Crippen LogP contribution in [0.1, 0.15) is 5.56 Å². The molecule has 0 atom stereocenters. The number of methoxy groups -OCH3 is 1. The van der Waals surface area contributed by atoms with Crippen molar-refractivity contribution < 1.29 is 28.6 Å². The van der Waals surface area contributed by atoms with Crippen molar-refractivity contribution in [3.63, 3.8) is 0 Å². The van der Waals surface area contributed by atoms with Gasteiger partial charge < -0.3 is 24.3 Å². The molecule has 2 aromatic carbocycles. The SMILES string of the molecule is COc1ccc(NC(=O)COC(=O)Cc2coc3cc(O)ccc23)cc1Cl. The molecule has 3 rings (SSSR count). The lowest BCUT2D eigenvalue weighted by atomic mass is 10.1. The number of anilines is 1. The Kier molecular flexibility index (Phi) is 5.52. The van der Waals surface area contributed by atoms with E-state index in [1.807, 2.05) is 0 Å². The van der Waals surface area contributed by atoms with Gasteiger partial charge in [0.15, 0.2) is 6.61 Å². The first-order valence-corrected chi connectivity index (χ1v) is 8.32. The number of fused-ring (bicyclic) bond motifs is 1. The summed E-state index contributed by atoms with van der Waals surface area (Å²) in [5, 5.41) is 13.1. The maximum atomic E-state index is 12.0. The van der Waals surface area contributed by atoms with Crippen molar-refractivity contribution in [3.8, 4) is 11.5 Å². The van der Waals surface area contributed by atoms with Gasteiger partial charge >= 0.3 is 5.97 Å². The van der Waals surface area contributed by atoms with Gasteiger partial charge in [0, 0.05) is 22.7 Å². The Morgan fingerprint density at radius 1 is 1.22 bits per heavy atom. The highest BCUT2D eigenvalue weighted by Gasteiger charge is 2.14. The number of aromatic hydroxyl groups is 1. The number of carbonyl (C=O) groups is 2. The number of amides is 1. The van der Waals surface area contributed by atoms with Crippen LogP contribution in [0.5, 0.6) is 11.5 Å². The van der Waals surface area contributed by atoms with Crippen LogP contribution in [0.2, 0.25) is 5.02 Å². The maximum absolute atomic E-state index is 12.0. The highest BCUT2D eigenvalue weighted by atomic mass is 35.5. The van der Waals surface area contributed by atoms with Gasteiger partial charge in [0.2, 0.25) is 0 Å². The summed E-state index contributed by atoms with van der Waals surface area (Å²) in [5.41, 5.74) is 1.53. The van der Waals surface area contributed by atoms with Gasteiger partial charge in [-0.25, -0.2) is 0 Å². The fourth-order valence-electron chi connectivity index (χ4n) is 2.50. The number of benzene rings is 2. The van der Waals surface area contributed by atoms with E-state index < -0.39 is 18.5 Å². The lowest BCUT2D eigenvalue weighted by Crippen LogP contribution is -2.21. The van der Waals surface area contributed by atoms with E-state index in [1.54, 1.807) is 18.2 Å². The van der Waals surface area contributed by atoms with Crippen LogP contribution in [-0.2, 0) is 20.7 Å². The van der Waals surface area contributed by atoms with E-state index in [0.29, 0.717) is 33.0 Å². The standard InChI is InChI=1S/C19H16ClNO6/c1-25-16-5-2-12(7-15(16)20)21-18(23)10-27-19(24)6-11-9-26-17-8-13(22)3-4-14(11)17/h2-5,7-9,22H,6,10H2,1H3,(H,21,23). The third-order valence-corrected chi connectivity index (χ3v) is 4.07. The van der Waals surface area contributed by atoms with E-state index in [0.717, 1.165) is 0 Å². The molecule has 0 saturated carbocycles. The quantitative estimate of drug-likeness (QED) is 0.626. The number of hydrogen-bond donors (Lipinski definition) is 2. The summed E-state index contributed by atoms with van der Waals surface area (Å²) in [5.74, 6) is -0.511. The Balaban J connectivity index is 1.54. The third-order valence-electron chi connectivity index (χ3n) is 3.77. The van der Waals surface area contributed by atoms with E-state index in [9.17, 15) is 14.7 Å². The molecule has 7 nitrogen and oxygen atoms in total. The number of phenolic OH excluding ortho intramolecular Hbond substituents is 1. The average Bonchev–Trinajstić information content (AvgIpc) is 3.02. The summed E-state index contributed by atoms with van der Waals surface area (Å²) in [4.78, 5) is 23.9. The third kappa shape index (κ3) is 4.51. The van der Waals surface area contributed by atoms with Crippen LogP contribution in [0.4, 0.5) is 5.69 Å². The van der Waals surface area contributed by atoms with Crippen molar-refractivity contribution in [2.75, 3.05) is 19.0 Å². The lowest BCUT2D eigenvalue weighted by Gasteiger charge is -2.08. The van der Waals surface area contributed by atoms with Gasteiger partial charge in [0.25, 0.3) is 5.91 Å². The van der Waals surface area contributed by atoms with Crippen molar-refractivity contribution in [2.45, 2.75) is 6.42 Å². The van der Waals surface area contributed by atoms with Crippen LogP contribution in [0.15, 0.2) is 47.1 Å². The number of phenols is 1. The lowest BCUT2D eigenvalue weighted by molar-refractivity contribution is -0.146. The molecule has 0 aliphatic rings. The Morgan fingerprint density at radius 2 is 2.04 bits per heavy atom. The fourth-order valence-corrected chi connectivity index (χ4v) is 2.76. The van der Waals surface area contributed by atoms with Crippen molar-refractivity contribution in [2.24, 2.45) is 0 Å². The molecule has 0 spiro atoms. The molecule has 8 heteroatoms. The predicted octanol–water partition coefficient (Wildman–Crippen LogP) is 3.52. The summed E-state index contributed by atoms with van der Waals surface area (Å²) in [6.07, 6.45) is 1.37. The Hall–Kier alpha value is -3.19. The molecule has 1 heterocycles. The second-order valence-electron chi connectivity index (χ2n) is 5.68. The van der Waals surface area contributed by atoms with E-state index >= 15 is 0 Å². The number of furan rings is 1. The number of nitrogens with one attached hydrogen (secondary N) is 1. The summed E-state index contributed by atoms with van der Waals surface area (Å²) in [6.45, 7) is -0.431. The predicted molar refractivity (Wildman–Crippen MR) is 99.2 cm³/mol. The van der Waals surface area contributed by atoms with Gasteiger partial charge in [-0.05, 0) is 30.3 Å². The second-order valence-corrected chi connectivity index (χ2v) is 6.08. The number of rotatable bonds is 6. The van der Waals surface area contributed by atoms with Crippen LogP contribution in [0.25, 0.3) is 11.0 Å². The zero-order valence-corrected chi connectivity index (χ0v) is 15.1. The van der Waals surface area contributed by atoms with Gasteiger partial charge in [-0.3, -0.25) is 9.59 Å². The smallest absolute Gasteiger partial charge is 0.310 e. The Morgan fingerprint density at radius 3 is 2.78 bits per heavy atom. The molecule has 0 saturated heterocycles. The Labute approximate surface area is 159 Å². The van der Waals surface area contributed by atoms with Gasteiger partial charge in [-0.1, -0.05) is 11.6 Å². The molecule has 140 valence electrons. The molecule has 27 heavy (non-hydrogen) atoms. The van der Waals surface area contributed by atoms with E-state index in [2.05, 4.69) is 5.32 Å². The molecular formula is C19H16ClNO6. The molecule has 0 radical (unpaired) electrons. The minimum Gasteiger partial charge on any atom is -0.508 e. The topological polar surface area (TPSA) is 98.0 Å². The molecular weight excluding hydrogens is 374 g/mol. The van der Waals surface area contributed by atoms with Crippen LogP contribution in [0.3, 0.4) is 0 Å². The highest BCUT2D eigenvalue weighted by molar-refractivity contribution is 6.32. The molecule has 1 amide bonds. The molecule has 1 aromatic heterocycles. The van der Waals surface area contributed by atoms with Crippen LogP contribution in [0, 0.1) is 0 Å². The van der Waals surface area contributed by atoms with E-state index in [4.69, 9.17) is 25.5 Å². The van der Waals surface area contributed by atoms with Crippen molar-refractivity contribution in [1.29, 1.82) is 0 Å². The summed E-state index contributed by atoms with van der Waals surface area (Å²) in [6, 6.07) is 9.38. The second kappa shape index (κ2) is 8.01. The monoisotopic (exact) mass is 389 g/mol. The van der Waals surface area contributed by atoms with Crippen LogP contribution >= 0.6 is 11.6 Å². The summed E-state index contributed by atoms with van der Waals surface area (Å²) in [7, 11) is 1.49. The summed E-state index contributed by atoms with van der Waals surface area (Å²) >= 11 is 5.99. The van der Waals surface area contributed by atoms with Gasteiger partial charge in [0.05, 0.1) is 24.8 Å². The molecule has 0 aliphatic carbocycles. The first-order chi connectivity index (χ1) is 13.0. The van der Waals surface area contributed by atoms with Crippen molar-refractivity contribution >= 4 is 40.1 Å². The maximum Gasteiger partial charge on any atom is 0.310 e. The van der Waals surface area contributed by atoms with Crippen LogP contribution < -0.4 is 10.1 Å². The molecule has 0 fully saturated rings. The van der Waals surface area contributed by atoms with Gasteiger partial charge in [-0.15, -0.1) is 0 Å². The molecule has 0 bridgehead atoms. The number of ether oxygens (including phenoxy) is 2. The molecule has 2 N–H and O–H groups in total. The molecule has 0 unspecified atom stereocenters.